The molecule has 0 radical (unpaired) electrons. The zero-order valence-corrected chi connectivity index (χ0v) is 16.9. The van der Waals surface area contributed by atoms with Crippen molar-refractivity contribution >= 4 is 23.4 Å². The molecule has 10 heteroatoms. The summed E-state index contributed by atoms with van der Waals surface area (Å²) in [5, 5.41) is 35.1. The van der Waals surface area contributed by atoms with E-state index in [2.05, 4.69) is 10.6 Å². The Morgan fingerprint density at radius 2 is 1.55 bits per heavy atom. The first-order chi connectivity index (χ1) is 14.9. The van der Waals surface area contributed by atoms with Crippen molar-refractivity contribution in [2.45, 2.75) is 25.0 Å². The minimum absolute atomic E-state index is 0.0641. The monoisotopic (exact) mass is 430 g/mol. The Bertz CT molecular complexity index is 875. The van der Waals surface area contributed by atoms with Crippen LogP contribution < -0.4 is 21.6 Å². The van der Waals surface area contributed by atoms with Gasteiger partial charge >= 0.3 is 0 Å². The quantitative estimate of drug-likeness (QED) is 0.159. The van der Waals surface area contributed by atoms with Crippen molar-refractivity contribution < 1.29 is 30.2 Å². The van der Waals surface area contributed by atoms with Crippen molar-refractivity contribution in [1.29, 1.82) is 0 Å². The van der Waals surface area contributed by atoms with Crippen LogP contribution in [0.1, 0.15) is 11.1 Å². The van der Waals surface area contributed by atoms with Crippen LogP contribution in [-0.4, -0.2) is 47.2 Å². The zero-order valence-electron chi connectivity index (χ0n) is 16.9. The minimum atomic E-state index is -1.86. The van der Waals surface area contributed by atoms with Gasteiger partial charge in [-0.1, -0.05) is 42.5 Å². The highest BCUT2D eigenvalue weighted by Gasteiger charge is 2.34. The summed E-state index contributed by atoms with van der Waals surface area (Å²) < 4.78 is 0. The molecule has 10 nitrogen and oxygen atoms in total. The number of carbonyl (C=O) groups excluding carboxylic acids is 3. The summed E-state index contributed by atoms with van der Waals surface area (Å²) in [6.07, 6.45) is -1.72. The van der Waals surface area contributed by atoms with Crippen molar-refractivity contribution in [3.63, 3.8) is 0 Å². The Hall–Kier alpha value is -3.31. The first-order valence-electron chi connectivity index (χ1n) is 9.61. The van der Waals surface area contributed by atoms with Crippen LogP contribution in [0.5, 0.6) is 0 Å². The maximum Gasteiger partial charge on any atom is 0.272 e. The predicted octanol–water partition coefficient (Wildman–Crippen LogP) is -1.12. The van der Waals surface area contributed by atoms with E-state index in [1.807, 2.05) is 18.2 Å². The van der Waals surface area contributed by atoms with Gasteiger partial charge in [0.25, 0.3) is 5.91 Å². The van der Waals surface area contributed by atoms with Crippen LogP contribution in [-0.2, 0) is 27.2 Å². The lowest BCUT2D eigenvalue weighted by Gasteiger charge is -2.24. The highest BCUT2D eigenvalue weighted by atomic mass is 16.5. The Kier molecular flexibility index (Phi) is 9.10. The van der Waals surface area contributed by atoms with Gasteiger partial charge in [0.1, 0.15) is 17.8 Å². The number of nitrogens with one attached hydrogen (secondary N) is 3. The number of amides is 3. The Labute approximate surface area is 179 Å². The number of carbonyl (C=O) groups is 3. The Balaban J connectivity index is 2.23. The van der Waals surface area contributed by atoms with Crippen LogP contribution in [0.4, 0.5) is 5.69 Å². The van der Waals surface area contributed by atoms with E-state index in [9.17, 15) is 24.7 Å². The van der Waals surface area contributed by atoms with E-state index in [1.165, 1.54) is 12.5 Å². The lowest BCUT2D eigenvalue weighted by atomic mass is 9.91. The Morgan fingerprint density at radius 3 is 2.10 bits per heavy atom. The third kappa shape index (κ3) is 6.86. The summed E-state index contributed by atoms with van der Waals surface area (Å²) in [7, 11) is 1.44. The molecule has 0 aliphatic rings. The summed E-state index contributed by atoms with van der Waals surface area (Å²) in [6, 6.07) is 14.4. The molecule has 3 unspecified atom stereocenters. The molecule has 2 aromatic rings. The predicted molar refractivity (Wildman–Crippen MR) is 111 cm³/mol. The van der Waals surface area contributed by atoms with Gasteiger partial charge in [0, 0.05) is 13.5 Å². The van der Waals surface area contributed by atoms with Crippen molar-refractivity contribution in [1.82, 2.24) is 16.1 Å². The van der Waals surface area contributed by atoms with Crippen LogP contribution in [0.15, 0.2) is 54.6 Å². The molecule has 0 aliphatic carbocycles. The van der Waals surface area contributed by atoms with E-state index in [0.29, 0.717) is 16.7 Å². The molecule has 0 spiro atoms. The molecule has 0 bridgehead atoms. The lowest BCUT2D eigenvalue weighted by molar-refractivity contribution is -0.497. The van der Waals surface area contributed by atoms with Gasteiger partial charge in [-0.25, -0.2) is 5.48 Å². The van der Waals surface area contributed by atoms with Gasteiger partial charge in [0.05, 0.1) is 5.92 Å². The van der Waals surface area contributed by atoms with Gasteiger partial charge in [-0.3, -0.25) is 19.6 Å². The molecule has 3 atom stereocenters. The number of aliphatic hydroxyl groups is 1. The molecule has 166 valence electrons. The number of aliphatic hydroxyl groups excluding tert-OH is 1. The maximum atomic E-state index is 13.0. The fourth-order valence-electron chi connectivity index (χ4n) is 3.09. The molecular formula is C21H26N4O6. The van der Waals surface area contributed by atoms with E-state index in [4.69, 9.17) is 5.21 Å². The van der Waals surface area contributed by atoms with Crippen molar-refractivity contribution in [3.8, 4) is 0 Å². The zero-order chi connectivity index (χ0) is 22.8. The van der Waals surface area contributed by atoms with Gasteiger partial charge in [-0.05, 0) is 29.7 Å². The SMILES string of the molecule is CNC(=O)C(Cc1ccccc1)NC(=O)C(Cc1ccc([NH2+][O-])cc1)C(O)C(=O)NO. The lowest BCUT2D eigenvalue weighted by Crippen LogP contribution is -2.70. The third-order valence-electron chi connectivity index (χ3n) is 4.83. The van der Waals surface area contributed by atoms with Gasteiger partial charge in [-0.2, -0.15) is 0 Å². The standard InChI is InChI=1S/C21H26N4O6/c1-22-20(28)17(12-13-5-3-2-4-6-13)23-19(27)16(18(26)21(29)25-31)11-14-7-9-15(24-30)10-8-14/h2-10,16-18,26,31H,11-12,24H2,1H3,(H,22,28)(H,23,27)(H,25,29). The van der Waals surface area contributed by atoms with Crippen LogP contribution >= 0.6 is 0 Å². The molecule has 0 fully saturated rings. The molecule has 0 aliphatic heterocycles. The first-order valence-corrected chi connectivity index (χ1v) is 9.61. The highest BCUT2D eigenvalue weighted by molar-refractivity contribution is 5.92. The number of likely N-dealkylation sites (N-methyl/N-ethyl adjacent to an activating group) is 1. The largest absolute Gasteiger partial charge is 0.630 e. The number of hydrogen-bond acceptors (Lipinski definition) is 6. The number of hydroxylamine groups is 1. The summed E-state index contributed by atoms with van der Waals surface area (Å²) in [6.45, 7) is 0. The third-order valence-corrected chi connectivity index (χ3v) is 4.83. The van der Waals surface area contributed by atoms with Crippen molar-refractivity contribution in [2.24, 2.45) is 5.92 Å². The number of hydrogen-bond donors (Lipinski definition) is 6. The minimum Gasteiger partial charge on any atom is -0.630 e. The maximum absolute atomic E-state index is 13.0. The molecule has 7 N–H and O–H groups in total. The molecule has 2 rings (SSSR count). The molecule has 0 aromatic heterocycles. The number of nitrogens with two attached hydrogens (primary N) is 1. The van der Waals surface area contributed by atoms with Crippen LogP contribution in [0.3, 0.4) is 0 Å². The van der Waals surface area contributed by atoms with Gasteiger partial charge in [-0.15, -0.1) is 0 Å². The molecule has 0 saturated heterocycles. The van der Waals surface area contributed by atoms with Gasteiger partial charge in [0.15, 0.2) is 0 Å². The summed E-state index contributed by atoms with van der Waals surface area (Å²) in [5.74, 6) is -3.62. The topological polar surface area (TPSA) is 167 Å². The smallest absolute Gasteiger partial charge is 0.272 e. The van der Waals surface area contributed by atoms with E-state index < -0.39 is 35.8 Å². The Morgan fingerprint density at radius 1 is 0.935 bits per heavy atom. The van der Waals surface area contributed by atoms with Crippen molar-refractivity contribution in [2.75, 3.05) is 7.05 Å². The average molecular weight is 430 g/mol. The second-order valence-corrected chi connectivity index (χ2v) is 6.96. The highest BCUT2D eigenvalue weighted by Crippen LogP contribution is 2.16. The molecule has 31 heavy (non-hydrogen) atoms. The van der Waals surface area contributed by atoms with E-state index >= 15 is 0 Å². The number of rotatable bonds is 10. The van der Waals surface area contributed by atoms with Crippen LogP contribution in [0.25, 0.3) is 0 Å². The first kappa shape index (κ1) is 24.0. The molecule has 0 heterocycles. The number of quaternary nitrogens is 1. The number of benzene rings is 2. The normalized spacial score (nSPS) is 13.5. The molecule has 3 amide bonds. The van der Waals surface area contributed by atoms with Crippen LogP contribution in [0, 0.1) is 11.1 Å². The fourth-order valence-corrected chi connectivity index (χ4v) is 3.09. The van der Waals surface area contributed by atoms with Crippen LogP contribution in [0.2, 0.25) is 0 Å². The van der Waals surface area contributed by atoms with Crippen molar-refractivity contribution in [3.05, 3.63) is 70.9 Å². The summed E-state index contributed by atoms with van der Waals surface area (Å²) in [4.78, 5) is 37.1. The van der Waals surface area contributed by atoms with Gasteiger partial charge < -0.3 is 26.4 Å². The van der Waals surface area contributed by atoms with E-state index in [-0.39, 0.29) is 12.8 Å². The second kappa shape index (κ2) is 11.8. The van der Waals surface area contributed by atoms with E-state index in [1.54, 1.807) is 36.4 Å². The molecule has 2 aromatic carbocycles. The van der Waals surface area contributed by atoms with Gasteiger partial charge in [0.2, 0.25) is 11.8 Å². The fraction of sp³-hybridized carbons (Fsp3) is 0.286. The summed E-state index contributed by atoms with van der Waals surface area (Å²) >= 11 is 0. The molecular weight excluding hydrogens is 404 g/mol. The average Bonchev–Trinajstić information content (AvgIpc) is 2.81. The second-order valence-electron chi connectivity index (χ2n) is 6.96. The summed E-state index contributed by atoms with van der Waals surface area (Å²) in [5.41, 5.74) is 3.82. The molecule has 0 saturated carbocycles. The van der Waals surface area contributed by atoms with E-state index in [0.717, 1.165) is 5.56 Å².